The van der Waals surface area contributed by atoms with Crippen molar-refractivity contribution in [3.63, 3.8) is 0 Å². The van der Waals surface area contributed by atoms with Crippen molar-refractivity contribution in [1.29, 1.82) is 0 Å². The number of nitrogens with one attached hydrogen (secondary N) is 1. The van der Waals surface area contributed by atoms with Gasteiger partial charge in [0.2, 0.25) is 11.8 Å². The molecule has 1 saturated heterocycles. The summed E-state index contributed by atoms with van der Waals surface area (Å²) in [4.78, 5) is 24.8. The number of hydrogen-bond acceptors (Lipinski definition) is 4. The van der Waals surface area contributed by atoms with Gasteiger partial charge in [-0.2, -0.15) is 12.6 Å². The summed E-state index contributed by atoms with van der Waals surface area (Å²) in [5.74, 6) is -0.0379. The third-order valence-corrected chi connectivity index (χ3v) is 3.40. The van der Waals surface area contributed by atoms with Crippen LogP contribution in [0.3, 0.4) is 0 Å². The summed E-state index contributed by atoms with van der Waals surface area (Å²) in [5, 5.41) is 2.60. The number of rotatable bonds is 4. The van der Waals surface area contributed by atoms with Crippen molar-refractivity contribution < 1.29 is 14.3 Å². The van der Waals surface area contributed by atoms with Crippen LogP contribution in [0.4, 0.5) is 0 Å². The molecule has 6 heteroatoms. The van der Waals surface area contributed by atoms with Crippen LogP contribution in [-0.4, -0.2) is 54.3 Å². The van der Waals surface area contributed by atoms with Gasteiger partial charge in [-0.15, -0.1) is 0 Å². The molecule has 0 aliphatic carbocycles. The minimum atomic E-state index is -0.561. The molecule has 5 nitrogen and oxygen atoms in total. The zero-order valence-corrected chi connectivity index (χ0v) is 11.4. The zero-order valence-electron chi connectivity index (χ0n) is 10.5. The highest BCUT2D eigenvalue weighted by molar-refractivity contribution is 7.80. The monoisotopic (exact) mass is 260 g/mol. The summed E-state index contributed by atoms with van der Waals surface area (Å²) in [5.41, 5.74) is 0. The van der Waals surface area contributed by atoms with E-state index in [-0.39, 0.29) is 24.0 Å². The van der Waals surface area contributed by atoms with Gasteiger partial charge in [0, 0.05) is 26.3 Å². The molecule has 0 saturated carbocycles. The van der Waals surface area contributed by atoms with E-state index in [1.807, 2.05) is 6.92 Å². The first-order valence-electron chi connectivity index (χ1n) is 5.73. The van der Waals surface area contributed by atoms with Crippen molar-refractivity contribution in [1.82, 2.24) is 10.2 Å². The predicted octanol–water partition coefficient (Wildman–Crippen LogP) is 0.0567. The molecule has 3 atom stereocenters. The Morgan fingerprint density at radius 1 is 1.59 bits per heavy atom. The quantitative estimate of drug-likeness (QED) is 0.703. The standard InChI is InChI=1S/C11H20N2O3S/c1-7-10(4-5-16-7)13(3)11(15)9(6-17)12-8(2)14/h7,9-10,17H,4-6H2,1-3H3,(H,12,14). The predicted molar refractivity (Wildman–Crippen MR) is 68.0 cm³/mol. The molecule has 2 amide bonds. The number of carbonyl (C=O) groups excluding carboxylic acids is 2. The Morgan fingerprint density at radius 2 is 2.24 bits per heavy atom. The van der Waals surface area contributed by atoms with Crippen molar-refractivity contribution in [2.45, 2.75) is 38.5 Å². The number of thiol groups is 1. The summed E-state index contributed by atoms with van der Waals surface area (Å²) in [7, 11) is 1.75. The van der Waals surface area contributed by atoms with Gasteiger partial charge in [-0.05, 0) is 13.3 Å². The lowest BCUT2D eigenvalue weighted by Gasteiger charge is -2.30. The van der Waals surface area contributed by atoms with Gasteiger partial charge in [0.15, 0.2) is 0 Å². The van der Waals surface area contributed by atoms with Crippen molar-refractivity contribution >= 4 is 24.4 Å². The Balaban J connectivity index is 2.63. The molecule has 1 rings (SSSR count). The molecule has 1 heterocycles. The van der Waals surface area contributed by atoms with Gasteiger partial charge in [0.05, 0.1) is 12.1 Å². The second kappa shape index (κ2) is 6.26. The lowest BCUT2D eigenvalue weighted by Crippen LogP contribution is -2.52. The van der Waals surface area contributed by atoms with Gasteiger partial charge in [-0.25, -0.2) is 0 Å². The molecule has 0 aromatic carbocycles. The third kappa shape index (κ3) is 3.61. The molecule has 0 aromatic rings. The fourth-order valence-corrected chi connectivity index (χ4v) is 2.32. The van der Waals surface area contributed by atoms with Crippen LogP contribution in [-0.2, 0) is 14.3 Å². The first-order valence-corrected chi connectivity index (χ1v) is 6.36. The van der Waals surface area contributed by atoms with Crippen LogP contribution in [0.15, 0.2) is 0 Å². The molecule has 98 valence electrons. The maximum absolute atomic E-state index is 12.1. The molecule has 0 aromatic heterocycles. The van der Waals surface area contributed by atoms with Gasteiger partial charge in [0.1, 0.15) is 6.04 Å². The van der Waals surface area contributed by atoms with Crippen LogP contribution < -0.4 is 5.32 Å². The van der Waals surface area contributed by atoms with Crippen LogP contribution in [0.5, 0.6) is 0 Å². The second-order valence-corrected chi connectivity index (χ2v) is 4.68. The Hall–Kier alpha value is -0.750. The van der Waals surface area contributed by atoms with E-state index in [9.17, 15) is 9.59 Å². The minimum Gasteiger partial charge on any atom is -0.376 e. The molecular formula is C11H20N2O3S. The highest BCUT2D eigenvalue weighted by Crippen LogP contribution is 2.18. The van der Waals surface area contributed by atoms with E-state index < -0.39 is 6.04 Å². The lowest BCUT2D eigenvalue weighted by molar-refractivity contribution is -0.136. The Bertz CT molecular complexity index is 298. The van der Waals surface area contributed by atoms with Gasteiger partial charge in [-0.1, -0.05) is 0 Å². The molecule has 0 spiro atoms. The van der Waals surface area contributed by atoms with Crippen LogP contribution in [0.25, 0.3) is 0 Å². The number of likely N-dealkylation sites (N-methyl/N-ethyl adjacent to an activating group) is 1. The highest BCUT2D eigenvalue weighted by atomic mass is 32.1. The van der Waals surface area contributed by atoms with Crippen molar-refractivity contribution in [3.8, 4) is 0 Å². The van der Waals surface area contributed by atoms with E-state index >= 15 is 0 Å². The van der Waals surface area contributed by atoms with E-state index in [2.05, 4.69) is 17.9 Å². The zero-order chi connectivity index (χ0) is 13.0. The van der Waals surface area contributed by atoms with E-state index in [1.54, 1.807) is 11.9 Å². The number of carbonyl (C=O) groups is 2. The van der Waals surface area contributed by atoms with E-state index in [0.717, 1.165) is 6.42 Å². The summed E-state index contributed by atoms with van der Waals surface area (Å²) in [6, 6.07) is -0.479. The van der Waals surface area contributed by atoms with E-state index in [0.29, 0.717) is 12.4 Å². The molecule has 0 radical (unpaired) electrons. The van der Waals surface area contributed by atoms with Crippen LogP contribution in [0.1, 0.15) is 20.3 Å². The maximum Gasteiger partial charge on any atom is 0.246 e. The fourth-order valence-electron chi connectivity index (χ4n) is 2.07. The Labute approximate surface area is 107 Å². The third-order valence-electron chi connectivity index (χ3n) is 3.04. The first kappa shape index (κ1) is 14.3. The van der Waals surface area contributed by atoms with Crippen LogP contribution in [0.2, 0.25) is 0 Å². The van der Waals surface area contributed by atoms with E-state index in [4.69, 9.17) is 4.74 Å². The summed E-state index contributed by atoms with van der Waals surface area (Å²) in [6.45, 7) is 4.02. The molecule has 1 N–H and O–H groups in total. The molecule has 1 aliphatic rings. The lowest BCUT2D eigenvalue weighted by atomic mass is 10.1. The normalized spacial score (nSPS) is 25.4. The van der Waals surface area contributed by atoms with Crippen molar-refractivity contribution in [2.24, 2.45) is 0 Å². The highest BCUT2D eigenvalue weighted by Gasteiger charge is 2.33. The first-order chi connectivity index (χ1) is 7.97. The minimum absolute atomic E-state index is 0.0434. The second-order valence-electron chi connectivity index (χ2n) is 4.32. The molecule has 1 aliphatic heterocycles. The number of ether oxygens (including phenoxy) is 1. The van der Waals surface area contributed by atoms with Gasteiger partial charge >= 0.3 is 0 Å². The van der Waals surface area contributed by atoms with Crippen LogP contribution in [0, 0.1) is 0 Å². The SMILES string of the molecule is CC(=O)NC(CS)C(=O)N(C)C1CCOC1C. The summed E-state index contributed by atoms with van der Waals surface area (Å²) >= 11 is 4.10. The van der Waals surface area contributed by atoms with Crippen molar-refractivity contribution in [2.75, 3.05) is 19.4 Å². The van der Waals surface area contributed by atoms with Gasteiger partial charge < -0.3 is 15.0 Å². The maximum atomic E-state index is 12.1. The molecule has 17 heavy (non-hydrogen) atoms. The van der Waals surface area contributed by atoms with Crippen molar-refractivity contribution in [3.05, 3.63) is 0 Å². The van der Waals surface area contributed by atoms with Gasteiger partial charge in [0.25, 0.3) is 0 Å². The molecule has 3 unspecified atom stereocenters. The Kier molecular flexibility index (Phi) is 5.27. The van der Waals surface area contributed by atoms with Gasteiger partial charge in [-0.3, -0.25) is 9.59 Å². The average Bonchev–Trinajstić information content (AvgIpc) is 2.70. The fraction of sp³-hybridized carbons (Fsp3) is 0.818. The smallest absolute Gasteiger partial charge is 0.246 e. The molecule has 0 bridgehead atoms. The molecule has 1 fully saturated rings. The topological polar surface area (TPSA) is 58.6 Å². The van der Waals surface area contributed by atoms with E-state index in [1.165, 1.54) is 6.92 Å². The number of nitrogens with zero attached hydrogens (tertiary/aromatic N) is 1. The average molecular weight is 260 g/mol. The Morgan fingerprint density at radius 3 is 2.65 bits per heavy atom. The number of hydrogen-bond donors (Lipinski definition) is 2. The summed E-state index contributed by atoms with van der Waals surface area (Å²) < 4.78 is 5.43. The largest absolute Gasteiger partial charge is 0.376 e. The van der Waals surface area contributed by atoms with Crippen LogP contribution >= 0.6 is 12.6 Å². The molecular weight excluding hydrogens is 240 g/mol. The summed E-state index contributed by atoms with van der Waals surface area (Å²) in [6.07, 6.45) is 0.879. The number of amides is 2.